The Bertz CT molecular complexity index is 757. The maximum absolute atomic E-state index is 10.8. The van der Waals surface area contributed by atoms with Gasteiger partial charge in [0.15, 0.2) is 16.5 Å². The zero-order valence-electron chi connectivity index (χ0n) is 9.46. The lowest BCUT2D eigenvalue weighted by atomic mass is 10.4. The quantitative estimate of drug-likeness (QED) is 0.720. The van der Waals surface area contributed by atoms with Gasteiger partial charge < -0.3 is 5.11 Å². The molecule has 0 aliphatic carbocycles. The molecule has 0 spiro atoms. The Morgan fingerprint density at radius 3 is 3.00 bits per heavy atom. The molecule has 1 N–H and O–H groups in total. The molecule has 0 saturated carbocycles. The van der Waals surface area contributed by atoms with Crippen molar-refractivity contribution >= 4 is 23.4 Å². The topological polar surface area (TPSA) is 93.3 Å². The first-order chi connectivity index (χ1) is 9.24. The number of nitrogens with zero attached hydrogens (tertiary/aromatic N) is 5. The van der Waals surface area contributed by atoms with E-state index in [-0.39, 0.29) is 5.69 Å². The van der Waals surface area contributed by atoms with Gasteiger partial charge in [0.05, 0.1) is 0 Å². The van der Waals surface area contributed by atoms with Gasteiger partial charge in [-0.1, -0.05) is 6.07 Å². The van der Waals surface area contributed by atoms with Gasteiger partial charge in [-0.2, -0.15) is 0 Å². The summed E-state index contributed by atoms with van der Waals surface area (Å²) in [6.07, 6.45) is 3.22. The summed E-state index contributed by atoms with van der Waals surface area (Å²) in [5, 5.41) is 17.8. The van der Waals surface area contributed by atoms with Gasteiger partial charge in [0.2, 0.25) is 5.16 Å². The second-order valence-corrected chi connectivity index (χ2v) is 4.48. The average molecular weight is 273 g/mol. The zero-order chi connectivity index (χ0) is 13.2. The summed E-state index contributed by atoms with van der Waals surface area (Å²) in [5.74, 6) is -1.09. The minimum atomic E-state index is -1.09. The molecule has 7 nitrogen and oxygen atoms in total. The van der Waals surface area contributed by atoms with Crippen LogP contribution in [0.2, 0.25) is 0 Å². The highest BCUT2D eigenvalue weighted by Crippen LogP contribution is 2.22. The molecule has 0 radical (unpaired) electrons. The van der Waals surface area contributed by atoms with Crippen molar-refractivity contribution in [1.82, 2.24) is 24.6 Å². The predicted molar refractivity (Wildman–Crippen MR) is 66.1 cm³/mol. The number of rotatable bonds is 3. The van der Waals surface area contributed by atoms with Crippen LogP contribution in [0.4, 0.5) is 0 Å². The van der Waals surface area contributed by atoms with E-state index in [9.17, 15) is 4.79 Å². The Labute approximate surface area is 111 Å². The van der Waals surface area contributed by atoms with Crippen molar-refractivity contribution in [3.05, 3.63) is 42.4 Å². The maximum Gasteiger partial charge on any atom is 0.354 e. The van der Waals surface area contributed by atoms with E-state index < -0.39 is 5.97 Å². The van der Waals surface area contributed by atoms with Crippen molar-refractivity contribution in [2.24, 2.45) is 0 Å². The monoisotopic (exact) mass is 273 g/mol. The predicted octanol–water partition coefficient (Wildman–Crippen LogP) is 1.37. The summed E-state index contributed by atoms with van der Waals surface area (Å²) in [6.45, 7) is 0. The molecule has 0 fully saturated rings. The van der Waals surface area contributed by atoms with Crippen LogP contribution >= 0.6 is 11.8 Å². The van der Waals surface area contributed by atoms with E-state index in [2.05, 4.69) is 20.2 Å². The lowest BCUT2D eigenvalue weighted by Crippen LogP contribution is -2.01. The molecule has 94 valence electrons. The molecule has 0 aliphatic rings. The second-order valence-electron chi connectivity index (χ2n) is 3.54. The van der Waals surface area contributed by atoms with Crippen molar-refractivity contribution in [3.63, 3.8) is 0 Å². The molecule has 3 heterocycles. The highest BCUT2D eigenvalue weighted by Gasteiger charge is 2.11. The number of carboxylic acids is 1. The van der Waals surface area contributed by atoms with Crippen LogP contribution in [0.5, 0.6) is 0 Å². The number of pyridine rings is 1. The van der Waals surface area contributed by atoms with Gasteiger partial charge >= 0.3 is 5.97 Å². The molecule has 0 aromatic carbocycles. The molecule has 0 aliphatic heterocycles. The van der Waals surface area contributed by atoms with Crippen LogP contribution in [0.3, 0.4) is 0 Å². The molecule has 0 saturated heterocycles. The number of aromatic carboxylic acids is 1. The first-order valence-corrected chi connectivity index (χ1v) is 6.09. The van der Waals surface area contributed by atoms with Crippen LogP contribution in [0.25, 0.3) is 5.65 Å². The van der Waals surface area contributed by atoms with Crippen LogP contribution in [-0.4, -0.2) is 35.6 Å². The van der Waals surface area contributed by atoms with Crippen LogP contribution in [0, 0.1) is 0 Å². The van der Waals surface area contributed by atoms with Crippen molar-refractivity contribution < 1.29 is 9.90 Å². The molecule has 8 heteroatoms. The third-order valence-corrected chi connectivity index (χ3v) is 3.16. The van der Waals surface area contributed by atoms with E-state index in [1.54, 1.807) is 4.40 Å². The molecule has 0 bridgehead atoms. The minimum absolute atomic E-state index is 0.0497. The first-order valence-electron chi connectivity index (χ1n) is 5.28. The summed E-state index contributed by atoms with van der Waals surface area (Å²) in [7, 11) is 0. The SMILES string of the molecule is O=C(O)c1ccnc(Sc2nnc3ccccn23)n1. The lowest BCUT2D eigenvalue weighted by molar-refractivity contribution is 0.0689. The standard InChI is InChI=1S/C11H7N5O2S/c17-9(18)7-4-5-12-10(13-7)19-11-15-14-8-3-1-2-6-16(8)11/h1-6H,(H,17,18). The number of aromatic nitrogens is 5. The van der Waals surface area contributed by atoms with Crippen LogP contribution in [0.1, 0.15) is 10.5 Å². The first kappa shape index (κ1) is 11.6. The van der Waals surface area contributed by atoms with E-state index in [0.717, 1.165) is 11.8 Å². The van der Waals surface area contributed by atoms with E-state index >= 15 is 0 Å². The molecule has 0 atom stereocenters. The Morgan fingerprint density at radius 1 is 1.26 bits per heavy atom. The smallest absolute Gasteiger partial charge is 0.354 e. The molecule has 19 heavy (non-hydrogen) atoms. The molecular formula is C11H7N5O2S. The van der Waals surface area contributed by atoms with Gasteiger partial charge in [-0.3, -0.25) is 4.40 Å². The molecule has 3 aromatic heterocycles. The van der Waals surface area contributed by atoms with Gasteiger partial charge in [0.25, 0.3) is 0 Å². The van der Waals surface area contributed by atoms with Crippen molar-refractivity contribution in [2.75, 3.05) is 0 Å². The van der Waals surface area contributed by atoms with E-state index in [0.29, 0.717) is 16.0 Å². The molecule has 0 amide bonds. The van der Waals surface area contributed by atoms with Crippen molar-refractivity contribution in [1.29, 1.82) is 0 Å². The molecule has 0 unspecified atom stereocenters. The van der Waals surface area contributed by atoms with Crippen LogP contribution < -0.4 is 0 Å². The van der Waals surface area contributed by atoms with Gasteiger partial charge in [0.1, 0.15) is 0 Å². The van der Waals surface area contributed by atoms with Crippen molar-refractivity contribution in [3.8, 4) is 0 Å². The fourth-order valence-electron chi connectivity index (χ4n) is 1.48. The zero-order valence-corrected chi connectivity index (χ0v) is 10.3. The fourth-order valence-corrected chi connectivity index (χ4v) is 2.24. The second kappa shape index (κ2) is 4.65. The number of hydrogen-bond donors (Lipinski definition) is 1. The number of fused-ring (bicyclic) bond motifs is 1. The summed E-state index contributed by atoms with van der Waals surface area (Å²) < 4.78 is 1.78. The number of carbonyl (C=O) groups is 1. The molecular weight excluding hydrogens is 266 g/mol. The van der Waals surface area contributed by atoms with E-state index in [4.69, 9.17) is 5.11 Å². The van der Waals surface area contributed by atoms with Crippen LogP contribution in [0.15, 0.2) is 47.0 Å². The van der Waals surface area contributed by atoms with Gasteiger partial charge in [-0.25, -0.2) is 14.8 Å². The number of carboxylic acid groups (broad SMARTS) is 1. The maximum atomic E-state index is 10.8. The summed E-state index contributed by atoms with van der Waals surface area (Å²) in [4.78, 5) is 18.8. The highest BCUT2D eigenvalue weighted by atomic mass is 32.2. The minimum Gasteiger partial charge on any atom is -0.477 e. The van der Waals surface area contributed by atoms with Gasteiger partial charge in [-0.05, 0) is 30.0 Å². The highest BCUT2D eigenvalue weighted by molar-refractivity contribution is 7.99. The normalized spacial score (nSPS) is 10.7. The Hall–Kier alpha value is -2.48. The fraction of sp³-hybridized carbons (Fsp3) is 0. The molecule has 3 rings (SSSR count). The Kier molecular flexibility index (Phi) is 2.84. The lowest BCUT2D eigenvalue weighted by Gasteiger charge is -1.99. The van der Waals surface area contributed by atoms with Gasteiger partial charge in [-0.15, -0.1) is 10.2 Å². The average Bonchev–Trinajstić information content (AvgIpc) is 2.83. The Morgan fingerprint density at radius 2 is 2.16 bits per heavy atom. The summed E-state index contributed by atoms with van der Waals surface area (Å²) >= 11 is 1.16. The van der Waals surface area contributed by atoms with E-state index in [1.807, 2.05) is 24.4 Å². The van der Waals surface area contributed by atoms with Gasteiger partial charge in [0, 0.05) is 12.4 Å². The van der Waals surface area contributed by atoms with Crippen molar-refractivity contribution in [2.45, 2.75) is 10.3 Å². The Balaban J connectivity index is 1.97. The van der Waals surface area contributed by atoms with E-state index in [1.165, 1.54) is 12.3 Å². The summed E-state index contributed by atoms with van der Waals surface area (Å²) in [5.41, 5.74) is 0.658. The third-order valence-electron chi connectivity index (χ3n) is 2.32. The number of hydrogen-bond acceptors (Lipinski definition) is 6. The van der Waals surface area contributed by atoms with Crippen LogP contribution in [-0.2, 0) is 0 Å². The third kappa shape index (κ3) is 2.25. The largest absolute Gasteiger partial charge is 0.477 e. The summed E-state index contributed by atoms with van der Waals surface area (Å²) in [6, 6.07) is 6.88. The molecule has 3 aromatic rings.